The van der Waals surface area contributed by atoms with Crippen LogP contribution in [0.25, 0.3) is 21.7 Å². The van der Waals surface area contributed by atoms with Crippen LogP contribution in [0.3, 0.4) is 0 Å². The zero-order valence-electron chi connectivity index (χ0n) is 9.75. The number of halogens is 1. The maximum absolute atomic E-state index is 11.9. The standard InChI is InChI=1S/C13H9ClN4O/c14-8-4-15-3-6-1-2-7-11-9(5-16-18-13(11)19)17-12(7)10(6)8/h1-4,16-17H,5H2,(H,18,19). The molecule has 0 saturated heterocycles. The molecule has 0 spiro atoms. The van der Waals surface area contributed by atoms with Crippen LogP contribution in [0, 0.1) is 0 Å². The quantitative estimate of drug-likeness (QED) is 0.587. The summed E-state index contributed by atoms with van der Waals surface area (Å²) in [4.78, 5) is 19.3. The van der Waals surface area contributed by atoms with Crippen molar-refractivity contribution in [3.8, 4) is 0 Å². The topological polar surface area (TPSA) is 69.8 Å². The van der Waals surface area contributed by atoms with Crippen LogP contribution in [0.15, 0.2) is 24.5 Å². The second kappa shape index (κ2) is 3.69. The monoisotopic (exact) mass is 272 g/mol. The minimum atomic E-state index is -0.128. The second-order valence-corrected chi connectivity index (χ2v) is 4.90. The molecule has 3 aromatic rings. The Balaban J connectivity index is 2.21. The van der Waals surface area contributed by atoms with E-state index in [-0.39, 0.29) is 5.91 Å². The van der Waals surface area contributed by atoms with Gasteiger partial charge in [-0.2, -0.15) is 0 Å². The summed E-state index contributed by atoms with van der Waals surface area (Å²) in [5.74, 6) is -0.128. The fourth-order valence-electron chi connectivity index (χ4n) is 2.61. The minimum absolute atomic E-state index is 0.128. The molecule has 0 aliphatic carbocycles. The summed E-state index contributed by atoms with van der Waals surface area (Å²) in [5, 5.41) is 3.31. The Hall–Kier alpha value is -2.11. The fourth-order valence-corrected chi connectivity index (χ4v) is 2.87. The Morgan fingerprint density at radius 3 is 3.05 bits per heavy atom. The number of hydrogen-bond donors (Lipinski definition) is 3. The van der Waals surface area contributed by atoms with Gasteiger partial charge in [0.1, 0.15) is 0 Å². The van der Waals surface area contributed by atoms with Crippen LogP contribution in [-0.2, 0) is 6.54 Å². The van der Waals surface area contributed by atoms with Crippen LogP contribution in [0.4, 0.5) is 0 Å². The second-order valence-electron chi connectivity index (χ2n) is 4.49. The predicted molar refractivity (Wildman–Crippen MR) is 72.9 cm³/mol. The van der Waals surface area contributed by atoms with E-state index in [4.69, 9.17) is 11.6 Å². The lowest BCUT2D eigenvalue weighted by molar-refractivity contribution is 0.0921. The van der Waals surface area contributed by atoms with Gasteiger partial charge in [0, 0.05) is 34.2 Å². The largest absolute Gasteiger partial charge is 0.356 e. The van der Waals surface area contributed by atoms with Gasteiger partial charge in [-0.05, 0) is 0 Å². The van der Waals surface area contributed by atoms with Gasteiger partial charge in [-0.3, -0.25) is 15.2 Å². The molecule has 94 valence electrons. The van der Waals surface area contributed by atoms with E-state index >= 15 is 0 Å². The van der Waals surface area contributed by atoms with Gasteiger partial charge >= 0.3 is 0 Å². The Kier molecular flexibility index (Phi) is 2.09. The van der Waals surface area contributed by atoms with Crippen LogP contribution < -0.4 is 10.9 Å². The van der Waals surface area contributed by atoms with Gasteiger partial charge in [0.05, 0.1) is 22.6 Å². The van der Waals surface area contributed by atoms with E-state index in [2.05, 4.69) is 20.8 Å². The van der Waals surface area contributed by atoms with E-state index < -0.39 is 0 Å². The Morgan fingerprint density at radius 2 is 2.16 bits per heavy atom. The molecule has 4 rings (SSSR count). The maximum Gasteiger partial charge on any atom is 0.267 e. The van der Waals surface area contributed by atoms with Crippen molar-refractivity contribution >= 4 is 39.2 Å². The average Bonchev–Trinajstić information content (AvgIpc) is 2.78. The highest BCUT2D eigenvalue weighted by atomic mass is 35.5. The number of rotatable bonds is 0. The van der Waals surface area contributed by atoms with Crippen molar-refractivity contribution in [2.75, 3.05) is 0 Å². The normalized spacial score (nSPS) is 14.7. The summed E-state index contributed by atoms with van der Waals surface area (Å²) in [6.07, 6.45) is 3.38. The highest BCUT2D eigenvalue weighted by Gasteiger charge is 2.23. The van der Waals surface area contributed by atoms with Crippen LogP contribution in [0.1, 0.15) is 16.1 Å². The molecule has 1 aliphatic rings. The van der Waals surface area contributed by atoms with Crippen molar-refractivity contribution in [2.24, 2.45) is 0 Å². The molecule has 0 atom stereocenters. The van der Waals surface area contributed by atoms with Crippen molar-refractivity contribution in [1.82, 2.24) is 20.8 Å². The lowest BCUT2D eigenvalue weighted by Gasteiger charge is -2.13. The number of nitrogens with one attached hydrogen (secondary N) is 3. The average molecular weight is 273 g/mol. The highest BCUT2D eigenvalue weighted by molar-refractivity contribution is 6.37. The first-order chi connectivity index (χ1) is 9.25. The first-order valence-electron chi connectivity index (χ1n) is 5.85. The van der Waals surface area contributed by atoms with Gasteiger partial charge in [0.2, 0.25) is 0 Å². The van der Waals surface area contributed by atoms with Gasteiger partial charge in [0.15, 0.2) is 0 Å². The van der Waals surface area contributed by atoms with Crippen LogP contribution in [0.5, 0.6) is 0 Å². The first kappa shape index (κ1) is 10.8. The summed E-state index contributed by atoms with van der Waals surface area (Å²) in [6, 6.07) is 3.86. The summed E-state index contributed by atoms with van der Waals surface area (Å²) >= 11 is 6.24. The zero-order chi connectivity index (χ0) is 13.0. The van der Waals surface area contributed by atoms with E-state index in [0.717, 1.165) is 27.4 Å². The lowest BCUT2D eigenvalue weighted by Crippen LogP contribution is -2.41. The number of hydrazine groups is 1. The molecule has 3 heterocycles. The molecule has 5 nitrogen and oxygen atoms in total. The predicted octanol–water partition coefficient (Wildman–Crippen LogP) is 2.12. The number of carbonyl (C=O) groups is 1. The Morgan fingerprint density at radius 1 is 1.26 bits per heavy atom. The fraction of sp³-hybridized carbons (Fsp3) is 0.0769. The number of benzene rings is 1. The van der Waals surface area contributed by atoms with E-state index in [1.54, 1.807) is 12.4 Å². The maximum atomic E-state index is 11.9. The number of H-pyrrole nitrogens is 1. The SMILES string of the molecule is O=C1NNCc2[nH]c3c(ccc4cncc(Cl)c43)c21. The summed E-state index contributed by atoms with van der Waals surface area (Å²) in [6.45, 7) is 0.569. The molecule has 3 N–H and O–H groups in total. The smallest absolute Gasteiger partial charge is 0.267 e. The lowest BCUT2D eigenvalue weighted by atomic mass is 10.1. The van der Waals surface area contributed by atoms with Crippen molar-refractivity contribution < 1.29 is 4.79 Å². The third-order valence-electron chi connectivity index (χ3n) is 3.42. The number of pyridine rings is 1. The third-order valence-corrected chi connectivity index (χ3v) is 3.71. The van der Waals surface area contributed by atoms with Gasteiger partial charge < -0.3 is 4.98 Å². The molecule has 1 aromatic carbocycles. The molecule has 1 aliphatic heterocycles. The number of hydrogen-bond acceptors (Lipinski definition) is 3. The summed E-state index contributed by atoms with van der Waals surface area (Å²) in [5.41, 5.74) is 7.90. The van der Waals surface area contributed by atoms with Crippen LogP contribution in [0.2, 0.25) is 5.02 Å². The zero-order valence-corrected chi connectivity index (χ0v) is 10.5. The van der Waals surface area contributed by atoms with Gasteiger partial charge in [0.25, 0.3) is 5.91 Å². The molecular formula is C13H9ClN4O. The van der Waals surface area contributed by atoms with Gasteiger partial charge in [-0.25, -0.2) is 5.43 Å². The summed E-state index contributed by atoms with van der Waals surface area (Å²) in [7, 11) is 0. The number of aromatic nitrogens is 2. The number of carbonyl (C=O) groups excluding carboxylic acids is 1. The number of nitrogens with zero attached hydrogens (tertiary/aromatic N) is 1. The molecule has 6 heteroatoms. The molecule has 0 unspecified atom stereocenters. The first-order valence-corrected chi connectivity index (χ1v) is 6.23. The number of amides is 1. The van der Waals surface area contributed by atoms with Gasteiger partial charge in [-0.1, -0.05) is 23.7 Å². The molecular weight excluding hydrogens is 264 g/mol. The molecule has 0 saturated carbocycles. The number of fused-ring (bicyclic) bond motifs is 5. The molecule has 0 fully saturated rings. The Labute approximate surface area is 112 Å². The van der Waals surface area contributed by atoms with Crippen molar-refractivity contribution in [3.63, 3.8) is 0 Å². The van der Waals surface area contributed by atoms with Crippen LogP contribution in [-0.4, -0.2) is 15.9 Å². The summed E-state index contributed by atoms with van der Waals surface area (Å²) < 4.78 is 0. The van der Waals surface area contributed by atoms with E-state index in [1.807, 2.05) is 12.1 Å². The minimum Gasteiger partial charge on any atom is -0.356 e. The van der Waals surface area contributed by atoms with Crippen LogP contribution >= 0.6 is 11.6 Å². The molecule has 0 bridgehead atoms. The van der Waals surface area contributed by atoms with Crippen molar-refractivity contribution in [3.05, 3.63) is 40.8 Å². The molecule has 19 heavy (non-hydrogen) atoms. The van der Waals surface area contributed by atoms with Crippen molar-refractivity contribution in [1.29, 1.82) is 0 Å². The highest BCUT2D eigenvalue weighted by Crippen LogP contribution is 2.33. The molecule has 0 radical (unpaired) electrons. The van der Waals surface area contributed by atoms with Crippen molar-refractivity contribution in [2.45, 2.75) is 6.54 Å². The van der Waals surface area contributed by atoms with E-state index in [9.17, 15) is 4.79 Å². The molecule has 2 aromatic heterocycles. The number of aromatic amines is 1. The molecule has 1 amide bonds. The van der Waals surface area contributed by atoms with E-state index in [0.29, 0.717) is 17.1 Å². The Bertz CT molecular complexity index is 839. The van der Waals surface area contributed by atoms with E-state index in [1.165, 1.54) is 0 Å². The van der Waals surface area contributed by atoms with Gasteiger partial charge in [-0.15, -0.1) is 0 Å². The third kappa shape index (κ3) is 1.39.